The third-order valence-electron chi connectivity index (χ3n) is 2.60. The summed E-state index contributed by atoms with van der Waals surface area (Å²) in [6.45, 7) is 0. The van der Waals surface area contributed by atoms with E-state index in [4.69, 9.17) is 5.26 Å². The van der Waals surface area contributed by atoms with Crippen LogP contribution in [0.2, 0.25) is 0 Å². The summed E-state index contributed by atoms with van der Waals surface area (Å²) >= 11 is 0. The van der Waals surface area contributed by atoms with Gasteiger partial charge in [-0.2, -0.15) is 18.4 Å². The molecule has 0 fully saturated rings. The van der Waals surface area contributed by atoms with E-state index in [0.29, 0.717) is 0 Å². The Morgan fingerprint density at radius 2 is 1.74 bits per heavy atom. The average molecular weight is 265 g/mol. The van der Waals surface area contributed by atoms with E-state index in [0.717, 1.165) is 24.3 Å². The molecule has 0 saturated heterocycles. The second kappa shape index (κ2) is 4.73. The first-order valence-corrected chi connectivity index (χ1v) is 5.29. The first kappa shape index (κ1) is 13.1. The Labute approximate surface area is 106 Å². The topological polar surface area (TPSA) is 23.8 Å². The highest BCUT2D eigenvalue weighted by atomic mass is 19.4. The summed E-state index contributed by atoms with van der Waals surface area (Å²) in [5, 5.41) is 8.92. The highest BCUT2D eigenvalue weighted by Crippen LogP contribution is 2.34. The van der Waals surface area contributed by atoms with Crippen LogP contribution < -0.4 is 0 Å². The smallest absolute Gasteiger partial charge is 0.207 e. The van der Waals surface area contributed by atoms with Crippen molar-refractivity contribution in [3.63, 3.8) is 0 Å². The molecule has 0 unspecified atom stereocenters. The molecule has 0 aliphatic carbocycles. The number of nitrogens with zero attached hydrogens (tertiary/aromatic N) is 1. The van der Waals surface area contributed by atoms with E-state index in [9.17, 15) is 17.6 Å². The molecular formula is C14H7F4N. The predicted octanol–water partition coefficient (Wildman–Crippen LogP) is 4.38. The summed E-state index contributed by atoms with van der Waals surface area (Å²) in [5.41, 5.74) is -0.496. The molecule has 0 saturated carbocycles. The molecule has 96 valence electrons. The number of halogens is 4. The SMILES string of the molecule is N#Cc1ccc(C(F)(F)F)cc1-c1cccc(F)c1. The molecule has 0 heterocycles. The lowest BCUT2D eigenvalue weighted by Crippen LogP contribution is -2.05. The molecule has 2 aromatic carbocycles. The van der Waals surface area contributed by atoms with Crippen LogP contribution in [0, 0.1) is 17.1 Å². The first-order chi connectivity index (χ1) is 8.91. The summed E-state index contributed by atoms with van der Waals surface area (Å²) in [4.78, 5) is 0. The van der Waals surface area contributed by atoms with Crippen molar-refractivity contribution >= 4 is 0 Å². The van der Waals surface area contributed by atoms with Crippen molar-refractivity contribution in [1.82, 2.24) is 0 Å². The molecule has 5 heteroatoms. The zero-order chi connectivity index (χ0) is 14.0. The van der Waals surface area contributed by atoms with Crippen LogP contribution in [0.3, 0.4) is 0 Å². The molecule has 0 radical (unpaired) electrons. The number of benzene rings is 2. The summed E-state index contributed by atoms with van der Waals surface area (Å²) in [5.74, 6) is -0.571. The van der Waals surface area contributed by atoms with Crippen molar-refractivity contribution in [2.75, 3.05) is 0 Å². The number of alkyl halides is 3. The van der Waals surface area contributed by atoms with Crippen molar-refractivity contribution in [2.24, 2.45) is 0 Å². The van der Waals surface area contributed by atoms with Crippen LogP contribution in [0.15, 0.2) is 42.5 Å². The lowest BCUT2D eigenvalue weighted by molar-refractivity contribution is -0.137. The zero-order valence-corrected chi connectivity index (χ0v) is 9.50. The van der Waals surface area contributed by atoms with Gasteiger partial charge in [0.2, 0.25) is 0 Å². The fourth-order valence-corrected chi connectivity index (χ4v) is 1.71. The van der Waals surface area contributed by atoms with E-state index in [-0.39, 0.29) is 16.7 Å². The third kappa shape index (κ3) is 2.74. The van der Waals surface area contributed by atoms with E-state index in [1.54, 1.807) is 6.07 Å². The monoisotopic (exact) mass is 265 g/mol. The Morgan fingerprint density at radius 1 is 1.00 bits per heavy atom. The van der Waals surface area contributed by atoms with Gasteiger partial charge in [0.1, 0.15) is 5.82 Å². The minimum absolute atomic E-state index is 0.0665. The fraction of sp³-hybridized carbons (Fsp3) is 0.0714. The molecule has 0 N–H and O–H groups in total. The standard InChI is InChI=1S/C14H7F4N/c15-12-3-1-2-9(6-12)13-7-11(14(16,17)18)5-4-10(13)8-19/h1-7H. The van der Waals surface area contributed by atoms with Crippen LogP contribution >= 0.6 is 0 Å². The minimum atomic E-state index is -4.50. The van der Waals surface area contributed by atoms with E-state index in [1.165, 1.54) is 18.2 Å². The van der Waals surface area contributed by atoms with Gasteiger partial charge in [-0.25, -0.2) is 4.39 Å². The number of hydrogen-bond donors (Lipinski definition) is 0. The maximum Gasteiger partial charge on any atom is 0.416 e. The molecule has 0 aliphatic rings. The Balaban J connectivity index is 2.64. The van der Waals surface area contributed by atoms with Crippen LogP contribution in [0.25, 0.3) is 11.1 Å². The van der Waals surface area contributed by atoms with Crippen molar-refractivity contribution < 1.29 is 17.6 Å². The number of hydrogen-bond acceptors (Lipinski definition) is 1. The molecule has 2 rings (SSSR count). The lowest BCUT2D eigenvalue weighted by Gasteiger charge is -2.10. The molecule has 2 aromatic rings. The molecule has 0 aromatic heterocycles. The molecule has 0 aliphatic heterocycles. The summed E-state index contributed by atoms with van der Waals surface area (Å²) in [7, 11) is 0. The Bertz CT molecular complexity index is 653. The molecule has 0 bridgehead atoms. The van der Waals surface area contributed by atoms with Crippen LogP contribution in [0.5, 0.6) is 0 Å². The van der Waals surface area contributed by atoms with Crippen LogP contribution in [-0.2, 0) is 6.18 Å². The van der Waals surface area contributed by atoms with E-state index in [1.807, 2.05) is 0 Å². The van der Waals surface area contributed by atoms with Gasteiger partial charge in [0.15, 0.2) is 0 Å². The molecular weight excluding hydrogens is 258 g/mol. The van der Waals surface area contributed by atoms with Crippen LogP contribution in [0.4, 0.5) is 17.6 Å². The minimum Gasteiger partial charge on any atom is -0.207 e. The molecule has 19 heavy (non-hydrogen) atoms. The van der Waals surface area contributed by atoms with Gasteiger partial charge in [-0.1, -0.05) is 12.1 Å². The van der Waals surface area contributed by atoms with Gasteiger partial charge < -0.3 is 0 Å². The highest BCUT2D eigenvalue weighted by molar-refractivity contribution is 5.71. The van der Waals surface area contributed by atoms with Gasteiger partial charge in [-0.05, 0) is 35.9 Å². The Kier molecular flexibility index (Phi) is 3.26. The van der Waals surface area contributed by atoms with Gasteiger partial charge in [-0.3, -0.25) is 0 Å². The van der Waals surface area contributed by atoms with Crippen molar-refractivity contribution in [3.8, 4) is 17.2 Å². The molecule has 0 spiro atoms. The predicted molar refractivity (Wildman–Crippen MR) is 61.6 cm³/mol. The third-order valence-corrected chi connectivity index (χ3v) is 2.60. The average Bonchev–Trinajstić information content (AvgIpc) is 2.37. The zero-order valence-electron chi connectivity index (χ0n) is 9.50. The molecule has 0 atom stereocenters. The van der Waals surface area contributed by atoms with Crippen molar-refractivity contribution in [3.05, 3.63) is 59.4 Å². The van der Waals surface area contributed by atoms with Gasteiger partial charge in [0, 0.05) is 5.56 Å². The van der Waals surface area contributed by atoms with Gasteiger partial charge in [0.25, 0.3) is 0 Å². The fourth-order valence-electron chi connectivity index (χ4n) is 1.71. The van der Waals surface area contributed by atoms with Crippen LogP contribution in [0.1, 0.15) is 11.1 Å². The van der Waals surface area contributed by atoms with E-state index < -0.39 is 17.6 Å². The lowest BCUT2D eigenvalue weighted by atomic mass is 9.97. The van der Waals surface area contributed by atoms with Crippen molar-refractivity contribution in [2.45, 2.75) is 6.18 Å². The van der Waals surface area contributed by atoms with E-state index in [2.05, 4.69) is 0 Å². The summed E-state index contributed by atoms with van der Waals surface area (Å²) in [6.07, 6.45) is -4.50. The largest absolute Gasteiger partial charge is 0.416 e. The normalized spacial score (nSPS) is 11.1. The summed E-state index contributed by atoms with van der Waals surface area (Å²) in [6, 6.07) is 9.69. The highest BCUT2D eigenvalue weighted by Gasteiger charge is 2.31. The molecule has 1 nitrogen and oxygen atoms in total. The second-order valence-corrected chi connectivity index (χ2v) is 3.88. The van der Waals surface area contributed by atoms with Crippen molar-refractivity contribution in [1.29, 1.82) is 5.26 Å². The Hall–Kier alpha value is -2.35. The molecule has 0 amide bonds. The number of rotatable bonds is 1. The summed E-state index contributed by atoms with van der Waals surface area (Å²) < 4.78 is 51.0. The quantitative estimate of drug-likeness (QED) is 0.702. The van der Waals surface area contributed by atoms with Crippen LogP contribution in [-0.4, -0.2) is 0 Å². The maximum absolute atomic E-state index is 13.1. The van der Waals surface area contributed by atoms with Gasteiger partial charge >= 0.3 is 6.18 Å². The van der Waals surface area contributed by atoms with Gasteiger partial charge in [0.05, 0.1) is 17.2 Å². The Morgan fingerprint density at radius 3 is 2.32 bits per heavy atom. The maximum atomic E-state index is 13.1. The number of nitriles is 1. The van der Waals surface area contributed by atoms with E-state index >= 15 is 0 Å². The first-order valence-electron chi connectivity index (χ1n) is 5.29. The second-order valence-electron chi connectivity index (χ2n) is 3.88. The van der Waals surface area contributed by atoms with Gasteiger partial charge in [-0.15, -0.1) is 0 Å².